The Kier molecular flexibility index (Phi) is 8.50. The molecule has 2 aromatic rings. The van der Waals surface area contributed by atoms with Gasteiger partial charge in [0.25, 0.3) is 8.32 Å². The Morgan fingerprint density at radius 2 is 1.39 bits per heavy atom. The molecular formula is C26H36OSi. The zero-order valence-corrected chi connectivity index (χ0v) is 19.3. The van der Waals surface area contributed by atoms with E-state index in [0.717, 1.165) is 32.3 Å². The zero-order chi connectivity index (χ0) is 20.5. The van der Waals surface area contributed by atoms with Crippen molar-refractivity contribution in [1.82, 2.24) is 0 Å². The maximum atomic E-state index is 6.91. The highest BCUT2D eigenvalue weighted by Crippen LogP contribution is 2.36. The number of hydrogen-bond acceptors (Lipinski definition) is 1. The summed E-state index contributed by atoms with van der Waals surface area (Å²) in [5, 5.41) is 2.75. The topological polar surface area (TPSA) is 9.23 Å². The van der Waals surface area contributed by atoms with E-state index < -0.39 is 8.32 Å². The Bertz CT molecular complexity index is 720. The third kappa shape index (κ3) is 5.35. The van der Waals surface area contributed by atoms with Crippen molar-refractivity contribution in [2.45, 2.75) is 65.3 Å². The van der Waals surface area contributed by atoms with Gasteiger partial charge in [-0.3, -0.25) is 0 Å². The molecule has 0 aliphatic carbocycles. The largest absolute Gasteiger partial charge is 0.407 e. The fourth-order valence-corrected chi connectivity index (χ4v) is 8.45. The summed E-state index contributed by atoms with van der Waals surface area (Å²) < 4.78 is 6.91. The van der Waals surface area contributed by atoms with Crippen molar-refractivity contribution in [1.29, 1.82) is 0 Å². The summed E-state index contributed by atoms with van der Waals surface area (Å²) >= 11 is 0. The summed E-state index contributed by atoms with van der Waals surface area (Å²) in [6.07, 6.45) is 6.41. The van der Waals surface area contributed by atoms with Crippen molar-refractivity contribution in [3.8, 4) is 0 Å². The SMILES string of the molecule is CCC(=C=CCCCO[Si](c1ccccc1)(c1ccccc1)C(C)(C)C)CC. The van der Waals surface area contributed by atoms with Crippen LogP contribution in [0.3, 0.4) is 0 Å². The summed E-state index contributed by atoms with van der Waals surface area (Å²) in [6, 6.07) is 21.7. The molecule has 0 amide bonds. The molecule has 0 heterocycles. The van der Waals surface area contributed by atoms with Crippen molar-refractivity contribution >= 4 is 18.7 Å². The minimum atomic E-state index is -2.38. The maximum Gasteiger partial charge on any atom is 0.261 e. The van der Waals surface area contributed by atoms with Crippen molar-refractivity contribution < 1.29 is 4.43 Å². The average Bonchev–Trinajstić information content (AvgIpc) is 2.71. The maximum absolute atomic E-state index is 6.91. The number of hydrogen-bond donors (Lipinski definition) is 0. The van der Waals surface area contributed by atoms with Crippen LogP contribution in [0.5, 0.6) is 0 Å². The van der Waals surface area contributed by atoms with Gasteiger partial charge in [0.1, 0.15) is 0 Å². The molecule has 2 heteroatoms. The van der Waals surface area contributed by atoms with E-state index in [9.17, 15) is 0 Å². The first-order valence-electron chi connectivity index (χ1n) is 10.6. The highest BCUT2D eigenvalue weighted by Gasteiger charge is 2.49. The lowest BCUT2D eigenvalue weighted by Gasteiger charge is -2.43. The fraction of sp³-hybridized carbons (Fsp3) is 0.423. The molecule has 0 aliphatic rings. The molecule has 1 nitrogen and oxygen atoms in total. The molecule has 28 heavy (non-hydrogen) atoms. The van der Waals surface area contributed by atoms with Gasteiger partial charge < -0.3 is 4.43 Å². The second kappa shape index (κ2) is 10.6. The van der Waals surface area contributed by atoms with E-state index in [-0.39, 0.29) is 5.04 Å². The molecule has 2 aromatic carbocycles. The van der Waals surface area contributed by atoms with E-state index in [1.54, 1.807) is 0 Å². The van der Waals surface area contributed by atoms with Gasteiger partial charge in [-0.25, -0.2) is 0 Å². The summed E-state index contributed by atoms with van der Waals surface area (Å²) in [4.78, 5) is 0. The minimum absolute atomic E-state index is 0.0447. The first-order chi connectivity index (χ1) is 13.5. The van der Waals surface area contributed by atoms with Gasteiger partial charge in [-0.1, -0.05) is 95.3 Å². The molecule has 0 saturated carbocycles. The quantitative estimate of drug-likeness (QED) is 0.279. The normalized spacial score (nSPS) is 11.8. The molecule has 2 rings (SSSR count). The van der Waals surface area contributed by atoms with Gasteiger partial charge in [-0.2, -0.15) is 0 Å². The molecule has 0 bridgehead atoms. The molecule has 0 N–H and O–H groups in total. The first kappa shape index (κ1) is 22.4. The number of allylic oxidation sites excluding steroid dienone is 1. The highest BCUT2D eigenvalue weighted by molar-refractivity contribution is 6.99. The molecule has 0 atom stereocenters. The van der Waals surface area contributed by atoms with Gasteiger partial charge in [0.2, 0.25) is 0 Å². The number of rotatable bonds is 9. The van der Waals surface area contributed by atoms with Gasteiger partial charge in [-0.05, 0) is 52.7 Å². The van der Waals surface area contributed by atoms with E-state index in [2.05, 4.69) is 107 Å². The first-order valence-corrected chi connectivity index (χ1v) is 12.5. The van der Waals surface area contributed by atoms with Crippen LogP contribution < -0.4 is 10.4 Å². The van der Waals surface area contributed by atoms with Crippen LogP contribution in [0.25, 0.3) is 0 Å². The smallest absolute Gasteiger partial charge is 0.261 e. The van der Waals surface area contributed by atoms with Crippen molar-refractivity contribution in [2.75, 3.05) is 6.61 Å². The van der Waals surface area contributed by atoms with Crippen LogP contribution in [0.15, 0.2) is 78.0 Å². The van der Waals surface area contributed by atoms with Gasteiger partial charge in [-0.15, -0.1) is 5.73 Å². The predicted molar refractivity (Wildman–Crippen MR) is 125 cm³/mol. The second-order valence-corrected chi connectivity index (χ2v) is 12.6. The van der Waals surface area contributed by atoms with Crippen LogP contribution in [0, 0.1) is 0 Å². The predicted octanol–water partition coefficient (Wildman–Crippen LogP) is 6.24. The van der Waals surface area contributed by atoms with Gasteiger partial charge in [0, 0.05) is 6.61 Å². The summed E-state index contributed by atoms with van der Waals surface area (Å²) in [5.74, 6) is 0. The molecule has 0 saturated heterocycles. The lowest BCUT2D eigenvalue weighted by Crippen LogP contribution is -2.66. The lowest BCUT2D eigenvalue weighted by atomic mass is 10.1. The van der Waals surface area contributed by atoms with Crippen molar-refractivity contribution in [3.63, 3.8) is 0 Å². The van der Waals surface area contributed by atoms with E-state index in [1.807, 2.05) is 0 Å². The van der Waals surface area contributed by atoms with Crippen LogP contribution in [0.4, 0.5) is 0 Å². The molecule has 0 aliphatic heterocycles. The summed E-state index contributed by atoms with van der Waals surface area (Å²) in [7, 11) is -2.38. The van der Waals surface area contributed by atoms with Crippen LogP contribution in [-0.4, -0.2) is 14.9 Å². The Hall–Kier alpha value is -1.86. The minimum Gasteiger partial charge on any atom is -0.407 e. The molecular weight excluding hydrogens is 356 g/mol. The Morgan fingerprint density at radius 3 is 1.82 bits per heavy atom. The molecule has 0 unspecified atom stereocenters. The average molecular weight is 393 g/mol. The standard InChI is InChI=1S/C26H36OSi/c1-6-23(7-2)17-11-10-16-22-27-28(26(3,4)5,24-18-12-8-13-19-24)25-20-14-9-15-21-25/h8-9,11-15,18-21H,6-7,10,16,22H2,1-5H3. The van der Waals surface area contributed by atoms with E-state index in [0.29, 0.717) is 0 Å². The van der Waals surface area contributed by atoms with E-state index in [1.165, 1.54) is 15.9 Å². The summed E-state index contributed by atoms with van der Waals surface area (Å²) in [5.41, 5.74) is 4.85. The second-order valence-electron chi connectivity index (χ2n) is 8.31. The summed E-state index contributed by atoms with van der Waals surface area (Å²) in [6.45, 7) is 12.2. The van der Waals surface area contributed by atoms with E-state index >= 15 is 0 Å². The van der Waals surface area contributed by atoms with Gasteiger partial charge in [0.05, 0.1) is 0 Å². The third-order valence-corrected chi connectivity index (χ3v) is 10.4. The van der Waals surface area contributed by atoms with Gasteiger partial charge >= 0.3 is 0 Å². The molecule has 150 valence electrons. The van der Waals surface area contributed by atoms with Crippen LogP contribution in [0.1, 0.15) is 60.3 Å². The monoisotopic (exact) mass is 392 g/mol. The molecule has 0 spiro atoms. The van der Waals surface area contributed by atoms with Crippen LogP contribution in [-0.2, 0) is 4.43 Å². The van der Waals surface area contributed by atoms with Crippen LogP contribution >= 0.6 is 0 Å². The molecule has 0 radical (unpaired) electrons. The lowest BCUT2D eigenvalue weighted by molar-refractivity contribution is 0.293. The highest BCUT2D eigenvalue weighted by atomic mass is 28.4. The number of benzene rings is 2. The fourth-order valence-electron chi connectivity index (χ4n) is 3.84. The molecule has 0 fully saturated rings. The third-order valence-electron chi connectivity index (χ3n) is 5.39. The Morgan fingerprint density at radius 1 is 0.893 bits per heavy atom. The van der Waals surface area contributed by atoms with Gasteiger partial charge in [0.15, 0.2) is 0 Å². The van der Waals surface area contributed by atoms with Crippen molar-refractivity contribution in [2.24, 2.45) is 0 Å². The zero-order valence-electron chi connectivity index (χ0n) is 18.3. The molecule has 0 aromatic heterocycles. The number of unbranched alkanes of at least 4 members (excludes halogenated alkanes) is 1. The van der Waals surface area contributed by atoms with Crippen molar-refractivity contribution in [3.05, 3.63) is 78.0 Å². The van der Waals surface area contributed by atoms with E-state index in [4.69, 9.17) is 4.43 Å². The Balaban J connectivity index is 2.28. The van der Waals surface area contributed by atoms with Crippen LogP contribution in [0.2, 0.25) is 5.04 Å². The Labute approximate surface area is 173 Å².